The van der Waals surface area contributed by atoms with Gasteiger partial charge in [0, 0.05) is 0 Å². The third-order valence-electron chi connectivity index (χ3n) is 2.95. The van der Waals surface area contributed by atoms with Crippen molar-refractivity contribution in [2.45, 2.75) is 19.3 Å². The summed E-state index contributed by atoms with van der Waals surface area (Å²) in [6.07, 6.45) is 5.55. The molecule has 2 aromatic rings. The van der Waals surface area contributed by atoms with E-state index in [1.807, 2.05) is 0 Å². The summed E-state index contributed by atoms with van der Waals surface area (Å²) >= 11 is 0. The average molecular weight is 222 g/mol. The fourth-order valence-corrected chi connectivity index (χ4v) is 1.89. The summed E-state index contributed by atoms with van der Waals surface area (Å²) in [6.45, 7) is 2.23. The smallest absolute Gasteiger partial charge is 0.00103 e. The molecule has 0 fully saturated rings. The summed E-state index contributed by atoms with van der Waals surface area (Å²) in [7, 11) is 0. The molecule has 1 unspecified atom stereocenters. The Morgan fingerprint density at radius 3 is 2.12 bits per heavy atom. The second kappa shape index (κ2) is 6.05. The molecule has 0 amide bonds. The number of rotatable bonds is 4. The van der Waals surface area contributed by atoms with E-state index in [-0.39, 0.29) is 0 Å². The van der Waals surface area contributed by atoms with Gasteiger partial charge in [0.15, 0.2) is 0 Å². The molecule has 0 saturated carbocycles. The Kier molecular flexibility index (Phi) is 4.15. The molecule has 2 aromatic carbocycles. The average Bonchev–Trinajstić information content (AvgIpc) is 2.41. The van der Waals surface area contributed by atoms with E-state index in [2.05, 4.69) is 79.7 Å². The lowest BCUT2D eigenvalue weighted by molar-refractivity contribution is 0.959. The fourth-order valence-electron chi connectivity index (χ4n) is 1.89. The molecule has 2 rings (SSSR count). The summed E-state index contributed by atoms with van der Waals surface area (Å²) in [5, 5.41) is 0. The Bertz CT molecular complexity index is 454. The van der Waals surface area contributed by atoms with Crippen molar-refractivity contribution in [3.8, 4) is 0 Å². The largest absolute Gasteiger partial charge is 0.0835 e. The second-order valence-corrected chi connectivity index (χ2v) is 4.32. The standard InChI is InChI=1S/C17H18/c1-15(17-13-6-3-7-14-17)9-8-12-16-10-4-2-5-11-16/h2-11,13-15H,12H2,1H3/b9-8+. The topological polar surface area (TPSA) is 0 Å². The monoisotopic (exact) mass is 222 g/mol. The summed E-state index contributed by atoms with van der Waals surface area (Å²) in [5.41, 5.74) is 2.74. The highest BCUT2D eigenvalue weighted by Gasteiger charge is 1.98. The summed E-state index contributed by atoms with van der Waals surface area (Å²) < 4.78 is 0. The quantitative estimate of drug-likeness (QED) is 0.664. The Labute approximate surface area is 104 Å². The molecule has 0 saturated heterocycles. The molecule has 0 heteroatoms. The van der Waals surface area contributed by atoms with Crippen molar-refractivity contribution in [1.29, 1.82) is 0 Å². The number of hydrogen-bond acceptors (Lipinski definition) is 0. The summed E-state index contributed by atoms with van der Waals surface area (Å²) in [6, 6.07) is 21.2. The van der Waals surface area contributed by atoms with Gasteiger partial charge in [0.05, 0.1) is 0 Å². The molecule has 0 aliphatic carbocycles. The first-order valence-corrected chi connectivity index (χ1v) is 6.12. The normalized spacial score (nSPS) is 12.8. The molecule has 0 spiro atoms. The van der Waals surface area contributed by atoms with Crippen LogP contribution in [0.3, 0.4) is 0 Å². The Morgan fingerprint density at radius 1 is 0.882 bits per heavy atom. The predicted molar refractivity (Wildman–Crippen MR) is 74.1 cm³/mol. The molecular formula is C17H18. The van der Waals surface area contributed by atoms with E-state index >= 15 is 0 Å². The molecule has 17 heavy (non-hydrogen) atoms. The van der Waals surface area contributed by atoms with Crippen LogP contribution >= 0.6 is 0 Å². The Morgan fingerprint density at radius 2 is 1.47 bits per heavy atom. The minimum Gasteiger partial charge on any atom is -0.0835 e. The number of hydrogen-bond donors (Lipinski definition) is 0. The van der Waals surface area contributed by atoms with E-state index in [9.17, 15) is 0 Å². The SMILES string of the molecule is CC(/C=C/Cc1ccccc1)c1ccccc1. The van der Waals surface area contributed by atoms with Gasteiger partial charge in [-0.05, 0) is 23.5 Å². The van der Waals surface area contributed by atoms with Crippen LogP contribution in [0.25, 0.3) is 0 Å². The van der Waals surface area contributed by atoms with Crippen LogP contribution in [0.2, 0.25) is 0 Å². The van der Waals surface area contributed by atoms with Crippen LogP contribution in [0.1, 0.15) is 24.0 Å². The molecule has 0 radical (unpaired) electrons. The Hall–Kier alpha value is -1.82. The van der Waals surface area contributed by atoms with Gasteiger partial charge in [0.25, 0.3) is 0 Å². The lowest BCUT2D eigenvalue weighted by atomic mass is 10.00. The maximum Gasteiger partial charge on any atom is -0.00103 e. The van der Waals surface area contributed by atoms with Crippen LogP contribution in [0.15, 0.2) is 72.8 Å². The molecule has 86 valence electrons. The highest BCUT2D eigenvalue weighted by molar-refractivity contribution is 5.24. The molecule has 0 aliphatic rings. The molecule has 0 nitrogen and oxygen atoms in total. The summed E-state index contributed by atoms with van der Waals surface area (Å²) in [4.78, 5) is 0. The third-order valence-corrected chi connectivity index (χ3v) is 2.95. The van der Waals surface area contributed by atoms with E-state index in [0.717, 1.165) is 6.42 Å². The zero-order valence-electron chi connectivity index (χ0n) is 10.2. The molecule has 0 aliphatic heterocycles. The minimum atomic E-state index is 0.486. The van der Waals surface area contributed by atoms with Gasteiger partial charge in [-0.1, -0.05) is 79.7 Å². The van der Waals surface area contributed by atoms with Crippen LogP contribution in [-0.4, -0.2) is 0 Å². The van der Waals surface area contributed by atoms with E-state index in [0.29, 0.717) is 5.92 Å². The third kappa shape index (κ3) is 3.60. The van der Waals surface area contributed by atoms with Crippen molar-refractivity contribution in [3.05, 3.63) is 83.9 Å². The van der Waals surface area contributed by atoms with Crippen molar-refractivity contribution < 1.29 is 0 Å². The van der Waals surface area contributed by atoms with Crippen LogP contribution in [0.5, 0.6) is 0 Å². The molecule has 0 aromatic heterocycles. The van der Waals surface area contributed by atoms with Gasteiger partial charge < -0.3 is 0 Å². The van der Waals surface area contributed by atoms with Gasteiger partial charge in [0.2, 0.25) is 0 Å². The number of benzene rings is 2. The number of allylic oxidation sites excluding steroid dienone is 2. The van der Waals surface area contributed by atoms with E-state index in [1.54, 1.807) is 0 Å². The van der Waals surface area contributed by atoms with Gasteiger partial charge in [-0.15, -0.1) is 0 Å². The van der Waals surface area contributed by atoms with E-state index < -0.39 is 0 Å². The van der Waals surface area contributed by atoms with Gasteiger partial charge in [-0.25, -0.2) is 0 Å². The van der Waals surface area contributed by atoms with Crippen molar-refractivity contribution in [3.63, 3.8) is 0 Å². The molecular weight excluding hydrogens is 204 g/mol. The minimum absolute atomic E-state index is 0.486. The highest BCUT2D eigenvalue weighted by Crippen LogP contribution is 2.16. The van der Waals surface area contributed by atoms with Crippen molar-refractivity contribution in [2.75, 3.05) is 0 Å². The van der Waals surface area contributed by atoms with Crippen LogP contribution in [-0.2, 0) is 6.42 Å². The molecule has 1 atom stereocenters. The molecule has 0 N–H and O–H groups in total. The van der Waals surface area contributed by atoms with E-state index in [1.165, 1.54) is 11.1 Å². The maximum atomic E-state index is 2.28. The first-order valence-electron chi connectivity index (χ1n) is 6.12. The first kappa shape index (κ1) is 11.7. The van der Waals surface area contributed by atoms with Gasteiger partial charge in [0.1, 0.15) is 0 Å². The van der Waals surface area contributed by atoms with Crippen molar-refractivity contribution in [1.82, 2.24) is 0 Å². The molecule has 0 bridgehead atoms. The lowest BCUT2D eigenvalue weighted by Gasteiger charge is -2.05. The zero-order chi connectivity index (χ0) is 11.9. The van der Waals surface area contributed by atoms with Gasteiger partial charge >= 0.3 is 0 Å². The maximum absolute atomic E-state index is 2.28. The molecule has 0 heterocycles. The van der Waals surface area contributed by atoms with Crippen LogP contribution in [0, 0.1) is 0 Å². The van der Waals surface area contributed by atoms with Crippen LogP contribution < -0.4 is 0 Å². The Balaban J connectivity index is 1.93. The van der Waals surface area contributed by atoms with Crippen molar-refractivity contribution in [2.24, 2.45) is 0 Å². The summed E-state index contributed by atoms with van der Waals surface area (Å²) in [5.74, 6) is 0.486. The van der Waals surface area contributed by atoms with Crippen molar-refractivity contribution >= 4 is 0 Å². The fraction of sp³-hybridized carbons (Fsp3) is 0.176. The second-order valence-electron chi connectivity index (χ2n) is 4.32. The zero-order valence-corrected chi connectivity index (χ0v) is 10.2. The predicted octanol–water partition coefficient (Wildman–Crippen LogP) is 4.59. The van der Waals surface area contributed by atoms with Crippen LogP contribution in [0.4, 0.5) is 0 Å². The van der Waals surface area contributed by atoms with Gasteiger partial charge in [-0.3, -0.25) is 0 Å². The van der Waals surface area contributed by atoms with E-state index in [4.69, 9.17) is 0 Å². The highest BCUT2D eigenvalue weighted by atomic mass is 14.0. The van der Waals surface area contributed by atoms with Gasteiger partial charge in [-0.2, -0.15) is 0 Å². The first-order chi connectivity index (χ1) is 8.36. The lowest BCUT2D eigenvalue weighted by Crippen LogP contribution is -1.88.